The Bertz CT molecular complexity index is 1120. The number of rotatable bonds is 5. The van der Waals surface area contributed by atoms with Gasteiger partial charge in [-0.05, 0) is 68.9 Å². The second-order valence-corrected chi connectivity index (χ2v) is 8.60. The Labute approximate surface area is 181 Å². The third-order valence-electron chi connectivity index (χ3n) is 6.48. The molecule has 3 aromatic rings. The van der Waals surface area contributed by atoms with Gasteiger partial charge in [-0.3, -0.25) is 4.79 Å². The molecule has 0 bridgehead atoms. The summed E-state index contributed by atoms with van der Waals surface area (Å²) in [6.07, 6.45) is 3.66. The van der Waals surface area contributed by atoms with Crippen LogP contribution < -0.4 is 0 Å². The Balaban J connectivity index is 1.57. The van der Waals surface area contributed by atoms with Crippen LogP contribution in [0.25, 0.3) is 11.0 Å². The summed E-state index contributed by atoms with van der Waals surface area (Å²) in [4.78, 5) is 17.3. The van der Waals surface area contributed by atoms with Crippen molar-refractivity contribution in [2.75, 3.05) is 27.2 Å². The molecular weight excluding hydrogens is 393 g/mol. The lowest BCUT2D eigenvalue weighted by molar-refractivity contribution is -0.132. The van der Waals surface area contributed by atoms with E-state index in [0.717, 1.165) is 42.4 Å². The Morgan fingerprint density at radius 1 is 1.23 bits per heavy atom. The maximum atomic E-state index is 13.5. The fourth-order valence-corrected chi connectivity index (χ4v) is 4.52. The highest BCUT2D eigenvalue weighted by atomic mass is 19.1. The molecule has 31 heavy (non-hydrogen) atoms. The van der Waals surface area contributed by atoms with E-state index in [-0.39, 0.29) is 17.1 Å². The number of piperidine rings is 1. The molecule has 6 heteroatoms. The molecule has 0 atom stereocenters. The van der Waals surface area contributed by atoms with Crippen LogP contribution in [0.2, 0.25) is 0 Å². The van der Waals surface area contributed by atoms with E-state index in [1.807, 2.05) is 18.2 Å². The number of nitriles is 1. The van der Waals surface area contributed by atoms with Gasteiger partial charge in [0.2, 0.25) is 5.91 Å². The zero-order chi connectivity index (χ0) is 22.0. The van der Waals surface area contributed by atoms with E-state index in [4.69, 9.17) is 4.42 Å². The molecule has 0 N–H and O–H groups in total. The highest BCUT2D eigenvalue weighted by Crippen LogP contribution is 2.39. The van der Waals surface area contributed by atoms with Crippen LogP contribution in [-0.2, 0) is 16.8 Å². The zero-order valence-corrected chi connectivity index (χ0v) is 17.9. The fraction of sp³-hybridized carbons (Fsp3) is 0.360. The number of furan rings is 1. The van der Waals surface area contributed by atoms with Crippen molar-refractivity contribution in [3.05, 3.63) is 71.2 Å². The summed E-state index contributed by atoms with van der Waals surface area (Å²) >= 11 is 0. The second-order valence-electron chi connectivity index (χ2n) is 8.60. The third kappa shape index (κ3) is 4.33. The van der Waals surface area contributed by atoms with Gasteiger partial charge in [0.05, 0.1) is 17.9 Å². The van der Waals surface area contributed by atoms with E-state index in [0.29, 0.717) is 24.1 Å². The molecule has 2 aromatic carbocycles. The van der Waals surface area contributed by atoms with E-state index in [2.05, 4.69) is 18.0 Å². The molecule has 0 radical (unpaired) electrons. The van der Waals surface area contributed by atoms with Gasteiger partial charge >= 0.3 is 0 Å². The van der Waals surface area contributed by atoms with Gasteiger partial charge in [0.1, 0.15) is 11.4 Å². The topological polar surface area (TPSA) is 60.5 Å². The highest BCUT2D eigenvalue weighted by molar-refractivity contribution is 5.83. The van der Waals surface area contributed by atoms with E-state index in [1.54, 1.807) is 30.3 Å². The Morgan fingerprint density at radius 3 is 2.61 bits per heavy atom. The lowest BCUT2D eigenvalue weighted by Crippen LogP contribution is -2.44. The molecular formula is C25H26FN3O2. The Kier molecular flexibility index (Phi) is 5.79. The summed E-state index contributed by atoms with van der Waals surface area (Å²) in [6.45, 7) is 2.15. The molecule has 1 fully saturated rings. The van der Waals surface area contributed by atoms with Crippen molar-refractivity contribution >= 4 is 16.9 Å². The van der Waals surface area contributed by atoms with Gasteiger partial charge in [-0.15, -0.1) is 0 Å². The summed E-state index contributed by atoms with van der Waals surface area (Å²) in [5.41, 5.74) is 2.77. The van der Waals surface area contributed by atoms with Crippen LogP contribution in [0.4, 0.5) is 4.39 Å². The van der Waals surface area contributed by atoms with Gasteiger partial charge in [-0.25, -0.2) is 4.39 Å². The number of hydrogen-bond donors (Lipinski definition) is 0. The standard InChI is InChI=1S/C25H26FN3O2/c1-28-10-8-25(9-11-28,21-3-5-22(26)6-4-21)15-23(30)29(2)17-20-14-18(16-27)13-19-7-12-31-24(19)20/h3-7,12-14H,8-11,15,17H2,1-2H3. The molecule has 1 aromatic heterocycles. The predicted molar refractivity (Wildman–Crippen MR) is 117 cm³/mol. The minimum atomic E-state index is -0.305. The van der Waals surface area contributed by atoms with Crippen molar-refractivity contribution in [3.8, 4) is 6.07 Å². The molecule has 1 amide bonds. The van der Waals surface area contributed by atoms with Crippen molar-refractivity contribution in [2.24, 2.45) is 0 Å². The highest BCUT2D eigenvalue weighted by Gasteiger charge is 2.38. The van der Waals surface area contributed by atoms with Crippen LogP contribution in [0.5, 0.6) is 0 Å². The molecule has 0 saturated carbocycles. The first kappa shape index (κ1) is 21.1. The largest absolute Gasteiger partial charge is 0.464 e. The minimum absolute atomic E-state index is 0.0240. The average molecular weight is 420 g/mol. The van der Waals surface area contributed by atoms with E-state index >= 15 is 0 Å². The third-order valence-corrected chi connectivity index (χ3v) is 6.48. The van der Waals surface area contributed by atoms with Crippen molar-refractivity contribution in [3.63, 3.8) is 0 Å². The van der Waals surface area contributed by atoms with Crippen LogP contribution in [0.1, 0.15) is 36.0 Å². The predicted octanol–water partition coefficient (Wildman–Crippen LogP) is 4.46. The first-order valence-electron chi connectivity index (χ1n) is 10.5. The van der Waals surface area contributed by atoms with Crippen LogP contribution in [0, 0.1) is 17.1 Å². The van der Waals surface area contributed by atoms with Gasteiger partial charge in [-0.1, -0.05) is 12.1 Å². The number of halogens is 1. The molecule has 1 saturated heterocycles. The normalized spacial score (nSPS) is 16.2. The van der Waals surface area contributed by atoms with E-state index < -0.39 is 0 Å². The summed E-state index contributed by atoms with van der Waals surface area (Å²) in [6, 6.07) is 14.1. The maximum absolute atomic E-state index is 13.5. The summed E-state index contributed by atoms with van der Waals surface area (Å²) in [5.74, 6) is -0.244. The van der Waals surface area contributed by atoms with Gasteiger partial charge in [0.25, 0.3) is 0 Å². The smallest absolute Gasteiger partial charge is 0.223 e. The lowest BCUT2D eigenvalue weighted by Gasteiger charge is -2.41. The number of nitrogens with zero attached hydrogens (tertiary/aromatic N) is 3. The molecule has 0 unspecified atom stereocenters. The van der Waals surface area contributed by atoms with Gasteiger partial charge in [-0.2, -0.15) is 5.26 Å². The number of fused-ring (bicyclic) bond motifs is 1. The maximum Gasteiger partial charge on any atom is 0.223 e. The van der Waals surface area contributed by atoms with E-state index in [1.165, 1.54) is 12.1 Å². The fourth-order valence-electron chi connectivity index (χ4n) is 4.52. The summed E-state index contributed by atoms with van der Waals surface area (Å²) in [5, 5.41) is 10.2. The molecule has 2 heterocycles. The molecule has 160 valence electrons. The summed E-state index contributed by atoms with van der Waals surface area (Å²) < 4.78 is 19.1. The van der Waals surface area contributed by atoms with Crippen molar-refractivity contribution in [1.82, 2.24) is 9.80 Å². The number of hydrogen-bond acceptors (Lipinski definition) is 4. The Morgan fingerprint density at radius 2 is 1.94 bits per heavy atom. The van der Waals surface area contributed by atoms with Crippen molar-refractivity contribution < 1.29 is 13.6 Å². The van der Waals surface area contributed by atoms with Crippen LogP contribution >= 0.6 is 0 Å². The number of amides is 1. The lowest BCUT2D eigenvalue weighted by atomic mass is 9.70. The number of carbonyl (C=O) groups is 1. The van der Waals surface area contributed by atoms with Crippen molar-refractivity contribution in [1.29, 1.82) is 5.26 Å². The minimum Gasteiger partial charge on any atom is -0.464 e. The van der Waals surface area contributed by atoms with Gasteiger partial charge in [0, 0.05) is 36.4 Å². The molecule has 4 rings (SSSR count). The molecule has 1 aliphatic rings. The number of benzene rings is 2. The molecule has 5 nitrogen and oxygen atoms in total. The Hall–Kier alpha value is -3.17. The van der Waals surface area contributed by atoms with Gasteiger partial charge < -0.3 is 14.2 Å². The molecule has 0 spiro atoms. The molecule has 0 aliphatic carbocycles. The quantitative estimate of drug-likeness (QED) is 0.613. The van der Waals surface area contributed by atoms with Gasteiger partial charge in [0.15, 0.2) is 0 Å². The number of likely N-dealkylation sites (tertiary alicyclic amines) is 1. The second kappa shape index (κ2) is 8.52. The van der Waals surface area contributed by atoms with E-state index in [9.17, 15) is 14.4 Å². The van der Waals surface area contributed by atoms with Crippen LogP contribution in [-0.4, -0.2) is 42.9 Å². The van der Waals surface area contributed by atoms with Crippen LogP contribution in [0.3, 0.4) is 0 Å². The van der Waals surface area contributed by atoms with Crippen molar-refractivity contribution in [2.45, 2.75) is 31.2 Å². The SMILES string of the molecule is CN1CCC(CC(=O)N(C)Cc2cc(C#N)cc3ccoc23)(c2ccc(F)cc2)CC1. The molecule has 1 aliphatic heterocycles. The zero-order valence-electron chi connectivity index (χ0n) is 17.9. The first-order chi connectivity index (χ1) is 14.9. The number of carbonyl (C=O) groups excluding carboxylic acids is 1. The summed E-state index contributed by atoms with van der Waals surface area (Å²) in [7, 11) is 3.86. The van der Waals surface area contributed by atoms with Crippen LogP contribution in [0.15, 0.2) is 53.1 Å². The monoisotopic (exact) mass is 419 g/mol. The average Bonchev–Trinajstić information content (AvgIpc) is 3.25. The first-order valence-corrected chi connectivity index (χ1v) is 10.5.